The van der Waals surface area contributed by atoms with Gasteiger partial charge in [-0.05, 0) is 66.8 Å². The smallest absolute Gasteiger partial charge is 0.293 e. The van der Waals surface area contributed by atoms with Gasteiger partial charge in [-0.1, -0.05) is 60.7 Å². The van der Waals surface area contributed by atoms with E-state index in [1.165, 1.54) is 29.7 Å². The molecule has 5 nitrogen and oxygen atoms in total. The highest BCUT2D eigenvalue weighted by molar-refractivity contribution is 8.18. The third-order valence-electron chi connectivity index (χ3n) is 6.09. The summed E-state index contributed by atoms with van der Waals surface area (Å²) in [4.78, 5) is 27.2. The van der Waals surface area contributed by atoms with Gasteiger partial charge in [0, 0.05) is 6.54 Å². The molecule has 0 N–H and O–H groups in total. The van der Waals surface area contributed by atoms with E-state index in [9.17, 15) is 9.59 Å². The second-order valence-corrected chi connectivity index (χ2v) is 10.0. The first-order chi connectivity index (χ1) is 15.9. The topological polar surface area (TPSA) is 55.8 Å². The maximum atomic E-state index is 12.9. The van der Waals surface area contributed by atoms with Crippen molar-refractivity contribution < 1.29 is 19.1 Å². The van der Waals surface area contributed by atoms with Crippen LogP contribution in [0.1, 0.15) is 48.8 Å². The number of benzene rings is 2. The van der Waals surface area contributed by atoms with Crippen LogP contribution in [-0.4, -0.2) is 29.7 Å². The van der Waals surface area contributed by atoms with Gasteiger partial charge in [0.1, 0.15) is 6.61 Å². The van der Waals surface area contributed by atoms with Crippen molar-refractivity contribution in [1.29, 1.82) is 0 Å². The molecule has 1 aliphatic carbocycles. The molecule has 33 heavy (non-hydrogen) atoms. The molecule has 2 fully saturated rings. The molecular formula is C26H28ClNO4S. The lowest BCUT2D eigenvalue weighted by molar-refractivity contribution is -0.123. The molecule has 0 spiro atoms. The Morgan fingerprint density at radius 2 is 1.85 bits per heavy atom. The Hall–Kier alpha value is -2.44. The average Bonchev–Trinajstić information content (AvgIpc) is 3.07. The maximum Gasteiger partial charge on any atom is 0.293 e. The molecule has 174 valence electrons. The standard InChI is InChI=1S/C26H28ClNO4S/c1-17-8-10-19(11-9-17)16-32-24-21(27)12-20(13-22(24)31-2)14-23-25(29)28(26(30)33-23)15-18-6-4-3-5-7-18/h8-14,18H,3-7,15-16H2,1-2H3/b23-14+. The van der Waals surface area contributed by atoms with E-state index in [4.69, 9.17) is 21.1 Å². The number of halogens is 1. The van der Waals surface area contributed by atoms with Crippen LogP contribution in [0.3, 0.4) is 0 Å². The Morgan fingerprint density at radius 3 is 2.55 bits per heavy atom. The van der Waals surface area contributed by atoms with Crippen molar-refractivity contribution in [1.82, 2.24) is 4.90 Å². The molecule has 2 aromatic carbocycles. The zero-order valence-electron chi connectivity index (χ0n) is 18.9. The molecule has 1 heterocycles. The highest BCUT2D eigenvalue weighted by Crippen LogP contribution is 2.40. The van der Waals surface area contributed by atoms with Crippen molar-refractivity contribution in [2.75, 3.05) is 13.7 Å². The quantitative estimate of drug-likeness (QED) is 0.401. The summed E-state index contributed by atoms with van der Waals surface area (Å²) in [6.45, 7) is 2.90. The molecule has 2 aromatic rings. The van der Waals surface area contributed by atoms with E-state index in [2.05, 4.69) is 0 Å². The zero-order chi connectivity index (χ0) is 23.4. The number of hydrogen-bond acceptors (Lipinski definition) is 5. The molecule has 0 atom stereocenters. The molecule has 0 bridgehead atoms. The molecule has 1 saturated heterocycles. The Kier molecular flexibility index (Phi) is 7.66. The number of amides is 2. The van der Waals surface area contributed by atoms with E-state index in [1.54, 1.807) is 25.3 Å². The highest BCUT2D eigenvalue weighted by Gasteiger charge is 2.36. The van der Waals surface area contributed by atoms with Gasteiger partial charge in [0.15, 0.2) is 11.5 Å². The van der Waals surface area contributed by atoms with Crippen molar-refractivity contribution in [3.63, 3.8) is 0 Å². The van der Waals surface area contributed by atoms with Gasteiger partial charge in [0.05, 0.1) is 17.0 Å². The summed E-state index contributed by atoms with van der Waals surface area (Å²) in [6, 6.07) is 11.6. The van der Waals surface area contributed by atoms with Crippen molar-refractivity contribution in [3.05, 3.63) is 63.0 Å². The molecule has 7 heteroatoms. The van der Waals surface area contributed by atoms with Crippen LogP contribution in [0, 0.1) is 12.8 Å². The number of imide groups is 1. The largest absolute Gasteiger partial charge is 0.493 e. The third kappa shape index (κ3) is 5.74. The van der Waals surface area contributed by atoms with Crippen molar-refractivity contribution in [3.8, 4) is 11.5 Å². The Bertz CT molecular complexity index is 1060. The van der Waals surface area contributed by atoms with Crippen LogP contribution in [0.15, 0.2) is 41.3 Å². The average molecular weight is 486 g/mol. The summed E-state index contributed by atoms with van der Waals surface area (Å²) in [7, 11) is 1.55. The first kappa shape index (κ1) is 23.7. The summed E-state index contributed by atoms with van der Waals surface area (Å²) in [6.07, 6.45) is 7.45. The van der Waals surface area contributed by atoms with Gasteiger partial charge in [-0.15, -0.1) is 0 Å². The van der Waals surface area contributed by atoms with Crippen LogP contribution in [0.5, 0.6) is 11.5 Å². The number of ether oxygens (including phenoxy) is 2. The SMILES string of the molecule is COc1cc(/C=C2/SC(=O)N(CC3CCCCC3)C2=O)cc(Cl)c1OCc1ccc(C)cc1. The number of aryl methyl sites for hydroxylation is 1. The van der Waals surface area contributed by atoms with Crippen LogP contribution in [0.4, 0.5) is 4.79 Å². The molecule has 4 rings (SSSR count). The summed E-state index contributed by atoms with van der Waals surface area (Å²) in [5, 5.41) is 0.182. The second-order valence-electron chi connectivity index (χ2n) is 8.60. The second kappa shape index (κ2) is 10.7. The number of rotatable bonds is 7. The van der Waals surface area contributed by atoms with Crippen LogP contribution in [0.25, 0.3) is 6.08 Å². The summed E-state index contributed by atoms with van der Waals surface area (Å²) >= 11 is 7.49. The molecule has 2 amide bonds. The van der Waals surface area contributed by atoms with E-state index in [0.29, 0.717) is 46.1 Å². The fraction of sp³-hybridized carbons (Fsp3) is 0.385. The molecule has 0 aromatic heterocycles. The number of carbonyl (C=O) groups excluding carboxylic acids is 2. The van der Waals surface area contributed by atoms with Gasteiger partial charge in [0.25, 0.3) is 11.1 Å². The minimum atomic E-state index is -0.231. The lowest BCUT2D eigenvalue weighted by Crippen LogP contribution is -2.34. The minimum Gasteiger partial charge on any atom is -0.493 e. The molecule has 1 aliphatic heterocycles. The van der Waals surface area contributed by atoms with Crippen molar-refractivity contribution in [2.24, 2.45) is 5.92 Å². The van der Waals surface area contributed by atoms with Crippen molar-refractivity contribution in [2.45, 2.75) is 45.6 Å². The first-order valence-electron chi connectivity index (χ1n) is 11.3. The Morgan fingerprint density at radius 1 is 1.12 bits per heavy atom. The summed E-state index contributed by atoms with van der Waals surface area (Å²) in [5.41, 5.74) is 2.89. The van der Waals surface area contributed by atoms with E-state index >= 15 is 0 Å². The normalized spacial score (nSPS) is 18.3. The number of methoxy groups -OCH3 is 1. The lowest BCUT2D eigenvalue weighted by atomic mass is 9.89. The van der Waals surface area contributed by atoms with Gasteiger partial charge in [0.2, 0.25) is 0 Å². The maximum absolute atomic E-state index is 12.9. The molecular weight excluding hydrogens is 458 g/mol. The minimum absolute atomic E-state index is 0.201. The van der Waals surface area contributed by atoms with E-state index < -0.39 is 0 Å². The van der Waals surface area contributed by atoms with E-state index in [1.807, 2.05) is 31.2 Å². The molecule has 2 aliphatic rings. The zero-order valence-corrected chi connectivity index (χ0v) is 20.5. The van der Waals surface area contributed by atoms with Gasteiger partial charge in [-0.25, -0.2) is 0 Å². The predicted molar refractivity (Wildman–Crippen MR) is 133 cm³/mol. The fourth-order valence-electron chi connectivity index (χ4n) is 4.24. The van der Waals surface area contributed by atoms with Gasteiger partial charge >= 0.3 is 0 Å². The molecule has 0 radical (unpaired) electrons. The number of thioether (sulfide) groups is 1. The number of hydrogen-bond donors (Lipinski definition) is 0. The van der Waals surface area contributed by atoms with Crippen LogP contribution >= 0.6 is 23.4 Å². The predicted octanol–water partition coefficient (Wildman–Crippen LogP) is 6.85. The third-order valence-corrected chi connectivity index (χ3v) is 7.28. The number of nitrogens with zero attached hydrogens (tertiary/aromatic N) is 1. The van der Waals surface area contributed by atoms with E-state index in [0.717, 1.165) is 30.2 Å². The van der Waals surface area contributed by atoms with Crippen molar-refractivity contribution >= 4 is 40.6 Å². The van der Waals surface area contributed by atoms with Gasteiger partial charge in [-0.2, -0.15) is 0 Å². The summed E-state index contributed by atoms with van der Waals surface area (Å²) in [5.74, 6) is 1.10. The van der Waals surface area contributed by atoms with Gasteiger partial charge < -0.3 is 9.47 Å². The first-order valence-corrected chi connectivity index (χ1v) is 12.5. The van der Waals surface area contributed by atoms with Crippen LogP contribution < -0.4 is 9.47 Å². The lowest BCUT2D eigenvalue weighted by Gasteiger charge is -2.25. The van der Waals surface area contributed by atoms with Crippen LogP contribution in [0.2, 0.25) is 5.02 Å². The molecule has 1 saturated carbocycles. The highest BCUT2D eigenvalue weighted by atomic mass is 35.5. The fourth-order valence-corrected chi connectivity index (χ4v) is 5.36. The monoisotopic (exact) mass is 485 g/mol. The molecule has 0 unspecified atom stereocenters. The van der Waals surface area contributed by atoms with Crippen LogP contribution in [-0.2, 0) is 11.4 Å². The van der Waals surface area contributed by atoms with Gasteiger partial charge in [-0.3, -0.25) is 14.5 Å². The Balaban J connectivity index is 1.49. The summed E-state index contributed by atoms with van der Waals surface area (Å²) < 4.78 is 11.4. The number of carbonyl (C=O) groups is 2. The Labute approximate surface area is 204 Å². The van der Waals surface area contributed by atoms with E-state index in [-0.39, 0.29) is 11.1 Å².